The van der Waals surface area contributed by atoms with E-state index in [1.165, 1.54) is 18.2 Å². The summed E-state index contributed by atoms with van der Waals surface area (Å²) in [6.45, 7) is 1.95. The molecule has 0 aliphatic carbocycles. The summed E-state index contributed by atoms with van der Waals surface area (Å²) in [6.07, 6.45) is -3.37. The van der Waals surface area contributed by atoms with Crippen molar-refractivity contribution in [3.05, 3.63) is 63.3 Å². The van der Waals surface area contributed by atoms with Gasteiger partial charge in [0.2, 0.25) is 0 Å². The van der Waals surface area contributed by atoms with Gasteiger partial charge in [-0.05, 0) is 54.2 Å². The Morgan fingerprint density at radius 2 is 1.62 bits per heavy atom. The normalized spacial score (nSPS) is 18.5. The number of nitrogens with one attached hydrogen (secondary N) is 1. The van der Waals surface area contributed by atoms with Crippen molar-refractivity contribution in [2.45, 2.75) is 6.18 Å². The zero-order valence-electron chi connectivity index (χ0n) is 16.4. The number of anilines is 2. The van der Waals surface area contributed by atoms with Crippen LogP contribution >= 0.6 is 23.4 Å². The van der Waals surface area contributed by atoms with Gasteiger partial charge in [0.15, 0.2) is 0 Å². The average molecular weight is 486 g/mol. The number of hydrogen-bond acceptors (Lipinski definition) is 5. The first-order chi connectivity index (χ1) is 15.1. The second kappa shape index (κ2) is 8.67. The number of piperazine rings is 1. The quantitative estimate of drug-likeness (QED) is 0.481. The number of alkyl halides is 3. The van der Waals surface area contributed by atoms with Gasteiger partial charge in [-0.15, -0.1) is 0 Å². The van der Waals surface area contributed by atoms with Crippen LogP contribution in [-0.4, -0.2) is 37.3 Å². The van der Waals surface area contributed by atoms with E-state index in [2.05, 4.69) is 5.32 Å². The first-order valence-electron chi connectivity index (χ1n) is 9.53. The van der Waals surface area contributed by atoms with Gasteiger partial charge in [0.25, 0.3) is 11.1 Å². The van der Waals surface area contributed by atoms with Crippen LogP contribution in [0.4, 0.5) is 33.7 Å². The highest BCUT2D eigenvalue weighted by molar-refractivity contribution is 8.18. The first kappa shape index (κ1) is 22.5. The molecule has 2 aromatic rings. The van der Waals surface area contributed by atoms with Crippen LogP contribution in [0.3, 0.4) is 0 Å². The number of thioether (sulfide) groups is 1. The molecule has 2 fully saturated rings. The fourth-order valence-corrected chi connectivity index (χ4v) is 4.65. The van der Waals surface area contributed by atoms with E-state index < -0.39 is 22.9 Å². The van der Waals surface area contributed by atoms with Crippen LogP contribution in [0.2, 0.25) is 5.02 Å². The molecule has 2 aliphatic rings. The van der Waals surface area contributed by atoms with Crippen molar-refractivity contribution in [2.24, 2.45) is 0 Å². The van der Waals surface area contributed by atoms with E-state index in [1.807, 2.05) is 9.80 Å². The van der Waals surface area contributed by atoms with E-state index >= 15 is 0 Å². The second-order valence-corrected chi connectivity index (χ2v) is 8.62. The summed E-state index contributed by atoms with van der Waals surface area (Å²) in [4.78, 5) is 27.3. The van der Waals surface area contributed by atoms with Gasteiger partial charge in [0, 0.05) is 37.4 Å². The lowest BCUT2D eigenvalue weighted by atomic mass is 10.0. The molecule has 2 heterocycles. The number of carbonyl (C=O) groups is 2. The third-order valence-corrected chi connectivity index (χ3v) is 6.24. The molecule has 0 spiro atoms. The first-order valence-corrected chi connectivity index (χ1v) is 10.7. The minimum atomic E-state index is -4.63. The molecule has 2 aliphatic heterocycles. The molecule has 0 aromatic heterocycles. The monoisotopic (exact) mass is 485 g/mol. The van der Waals surface area contributed by atoms with Gasteiger partial charge in [-0.3, -0.25) is 14.9 Å². The summed E-state index contributed by atoms with van der Waals surface area (Å²) >= 11 is 6.92. The predicted molar refractivity (Wildman–Crippen MR) is 116 cm³/mol. The predicted octanol–water partition coefficient (Wildman–Crippen LogP) is 5.15. The Hall–Kier alpha value is -2.72. The molecule has 4 rings (SSSR count). The Labute approximate surface area is 190 Å². The molecule has 0 atom stereocenters. The van der Waals surface area contributed by atoms with E-state index in [0.717, 1.165) is 17.8 Å². The van der Waals surface area contributed by atoms with Crippen LogP contribution in [0.25, 0.3) is 6.08 Å². The molecule has 2 saturated heterocycles. The number of halogens is 5. The van der Waals surface area contributed by atoms with Gasteiger partial charge < -0.3 is 9.80 Å². The van der Waals surface area contributed by atoms with Gasteiger partial charge in [-0.2, -0.15) is 13.2 Å². The van der Waals surface area contributed by atoms with Crippen molar-refractivity contribution in [3.8, 4) is 0 Å². The molecule has 11 heteroatoms. The van der Waals surface area contributed by atoms with Crippen LogP contribution in [0.5, 0.6) is 0 Å². The Kier molecular flexibility index (Phi) is 6.09. The molecule has 5 nitrogen and oxygen atoms in total. The van der Waals surface area contributed by atoms with Crippen molar-refractivity contribution in [2.75, 3.05) is 36.0 Å². The number of hydrogen-bond donors (Lipinski definition) is 1. The zero-order valence-corrected chi connectivity index (χ0v) is 18.0. The highest BCUT2D eigenvalue weighted by Gasteiger charge is 2.34. The van der Waals surface area contributed by atoms with Crippen LogP contribution in [0.1, 0.15) is 11.1 Å². The summed E-state index contributed by atoms with van der Waals surface area (Å²) in [5, 5.41) is 1.40. The highest BCUT2D eigenvalue weighted by Crippen LogP contribution is 2.40. The van der Waals surface area contributed by atoms with Crippen LogP contribution in [0.15, 0.2) is 41.3 Å². The van der Waals surface area contributed by atoms with Crippen LogP contribution in [-0.2, 0) is 11.0 Å². The Morgan fingerprint density at radius 3 is 2.19 bits per heavy atom. The van der Waals surface area contributed by atoms with Crippen LogP contribution in [0, 0.1) is 5.82 Å². The average Bonchev–Trinajstić information content (AvgIpc) is 3.04. The van der Waals surface area contributed by atoms with E-state index in [-0.39, 0.29) is 21.3 Å². The molecular formula is C21H16ClF4N3O2S. The molecule has 0 radical (unpaired) electrons. The summed E-state index contributed by atoms with van der Waals surface area (Å²) in [6, 6.07) is 7.85. The topological polar surface area (TPSA) is 52.7 Å². The Balaban J connectivity index is 1.66. The fourth-order valence-electron chi connectivity index (χ4n) is 3.63. The number of imide groups is 1. The summed E-state index contributed by atoms with van der Waals surface area (Å²) in [5.74, 6) is -1.01. The molecule has 0 bridgehead atoms. The van der Waals surface area contributed by atoms with Gasteiger partial charge in [0.05, 0.1) is 21.2 Å². The number of rotatable bonds is 3. The van der Waals surface area contributed by atoms with Gasteiger partial charge in [-0.1, -0.05) is 11.6 Å². The highest BCUT2D eigenvalue weighted by atomic mass is 35.5. The third kappa shape index (κ3) is 4.71. The molecule has 168 valence electrons. The van der Waals surface area contributed by atoms with Gasteiger partial charge >= 0.3 is 6.18 Å². The fraction of sp³-hybridized carbons (Fsp3) is 0.238. The number of carbonyl (C=O) groups excluding carboxylic acids is 2. The maximum Gasteiger partial charge on any atom is 0.416 e. The van der Waals surface area contributed by atoms with E-state index in [9.17, 15) is 27.2 Å². The number of benzene rings is 2. The molecule has 0 saturated carbocycles. The lowest BCUT2D eigenvalue weighted by Crippen LogP contribution is -2.46. The Bertz CT molecular complexity index is 1100. The minimum absolute atomic E-state index is 0.00316. The Morgan fingerprint density at radius 1 is 1.00 bits per heavy atom. The van der Waals surface area contributed by atoms with E-state index in [1.54, 1.807) is 12.1 Å². The molecular weight excluding hydrogens is 470 g/mol. The molecule has 2 aromatic carbocycles. The molecule has 2 amide bonds. The lowest BCUT2D eigenvalue weighted by Gasteiger charge is -2.38. The molecule has 1 N–H and O–H groups in total. The lowest BCUT2D eigenvalue weighted by molar-refractivity contribution is -0.137. The van der Waals surface area contributed by atoms with E-state index in [4.69, 9.17) is 11.6 Å². The standard InChI is InChI=1S/C21H16ClF4N3O2S/c22-16-11-13(21(24,25)26)9-12(10-17-19(30)27-20(31)32-17)18(16)29-7-5-28(6-8-29)15-3-1-14(23)2-4-15/h1-4,9-11H,5-8H2,(H,27,30,31). The van der Waals surface area contributed by atoms with Gasteiger partial charge in [0.1, 0.15) is 5.82 Å². The second-order valence-electron chi connectivity index (χ2n) is 7.20. The largest absolute Gasteiger partial charge is 0.416 e. The third-order valence-electron chi connectivity index (χ3n) is 5.14. The SMILES string of the molecule is O=C1NC(=O)C(=Cc2cc(C(F)(F)F)cc(Cl)c2N2CCN(c3ccc(F)cc3)CC2)S1. The van der Waals surface area contributed by atoms with Crippen molar-refractivity contribution in [1.29, 1.82) is 0 Å². The maximum absolute atomic E-state index is 13.4. The van der Waals surface area contributed by atoms with Gasteiger partial charge in [-0.25, -0.2) is 4.39 Å². The molecule has 0 unspecified atom stereocenters. The maximum atomic E-state index is 13.4. The summed E-state index contributed by atoms with van der Waals surface area (Å²) in [7, 11) is 0. The van der Waals surface area contributed by atoms with Crippen molar-refractivity contribution < 1.29 is 27.2 Å². The van der Waals surface area contributed by atoms with Crippen LogP contribution < -0.4 is 15.1 Å². The molecule has 32 heavy (non-hydrogen) atoms. The van der Waals surface area contributed by atoms with E-state index in [0.29, 0.717) is 43.6 Å². The van der Waals surface area contributed by atoms with Crippen molar-refractivity contribution >= 4 is 52.0 Å². The summed E-state index contributed by atoms with van der Waals surface area (Å²) < 4.78 is 53.3. The van der Waals surface area contributed by atoms with Crippen molar-refractivity contribution in [3.63, 3.8) is 0 Å². The number of nitrogens with zero attached hydrogens (tertiary/aromatic N) is 2. The zero-order chi connectivity index (χ0) is 23.0. The summed E-state index contributed by atoms with van der Waals surface area (Å²) in [5.41, 5.74) is 0.355. The van der Waals surface area contributed by atoms with Crippen molar-refractivity contribution in [1.82, 2.24) is 5.32 Å². The number of amides is 2. The smallest absolute Gasteiger partial charge is 0.368 e. The minimum Gasteiger partial charge on any atom is -0.368 e.